The van der Waals surface area contributed by atoms with Gasteiger partial charge in [-0.25, -0.2) is 23.1 Å². The van der Waals surface area contributed by atoms with Crippen LogP contribution in [0.3, 0.4) is 0 Å². The molecule has 2 heterocycles. The van der Waals surface area contributed by atoms with Crippen LogP contribution in [-0.4, -0.2) is 34.8 Å². The number of nitrogens with one attached hydrogen (secondary N) is 1. The number of rotatable bonds is 5. The molecule has 6 nitrogen and oxygen atoms in total. The molecular weight excluding hydrogens is 469 g/mol. The molecule has 1 saturated heterocycles. The third-order valence-electron chi connectivity index (χ3n) is 5.69. The molecule has 36 heavy (non-hydrogen) atoms. The molecule has 186 valence electrons. The zero-order valence-corrected chi connectivity index (χ0v) is 19.9. The molecule has 1 aromatic heterocycles. The summed E-state index contributed by atoms with van der Waals surface area (Å²) in [7, 11) is 1.57. The van der Waals surface area contributed by atoms with Crippen LogP contribution in [0, 0.1) is 29.8 Å². The van der Waals surface area contributed by atoms with Crippen molar-refractivity contribution in [2.45, 2.75) is 25.9 Å². The van der Waals surface area contributed by atoms with Gasteiger partial charge in [0, 0.05) is 24.9 Å². The van der Waals surface area contributed by atoms with Gasteiger partial charge in [0.2, 0.25) is 0 Å². The quantitative estimate of drug-likeness (QED) is 0.342. The first-order chi connectivity index (χ1) is 17.3. The lowest BCUT2D eigenvalue weighted by Gasteiger charge is -2.20. The highest BCUT2D eigenvalue weighted by atomic mass is 19.1. The zero-order chi connectivity index (χ0) is 25.8. The van der Waals surface area contributed by atoms with E-state index in [0.29, 0.717) is 36.3 Å². The standard InChI is InChI=1S/C27H25F3N4O2/c1-16-5-4-10-36-27(25-20(29)12-19(28)13-21(25)30)26(16)33-24(31)9-7-18-6-8-22(23(11-18)35-3)34-14-17(2)32-15-34/h6-9,11-15,27,31H,1,4-5,10H2,2-3H3/b9-7+,31-24?,33-26?/t27-/m1/s1. The molecule has 0 unspecified atom stereocenters. The molecule has 1 fully saturated rings. The van der Waals surface area contributed by atoms with Gasteiger partial charge in [-0.1, -0.05) is 18.7 Å². The Bertz CT molecular complexity index is 1350. The Kier molecular flexibility index (Phi) is 7.49. The van der Waals surface area contributed by atoms with E-state index in [0.717, 1.165) is 16.9 Å². The lowest BCUT2D eigenvalue weighted by Crippen LogP contribution is -2.20. The lowest BCUT2D eigenvalue weighted by molar-refractivity contribution is 0.0966. The maximum atomic E-state index is 14.5. The second-order valence-electron chi connectivity index (χ2n) is 8.31. The molecule has 0 amide bonds. The van der Waals surface area contributed by atoms with Crippen LogP contribution in [0.5, 0.6) is 5.75 Å². The number of ether oxygens (including phenoxy) is 2. The summed E-state index contributed by atoms with van der Waals surface area (Å²) in [5, 5.41) is 8.35. The van der Waals surface area contributed by atoms with E-state index in [1.54, 1.807) is 25.6 Å². The zero-order valence-electron chi connectivity index (χ0n) is 19.9. The Morgan fingerprint density at radius 1 is 1.25 bits per heavy atom. The van der Waals surface area contributed by atoms with Crippen LogP contribution < -0.4 is 4.74 Å². The van der Waals surface area contributed by atoms with Gasteiger partial charge < -0.3 is 14.0 Å². The maximum Gasteiger partial charge on any atom is 0.144 e. The minimum absolute atomic E-state index is 0.134. The molecule has 4 rings (SSSR count). The van der Waals surface area contributed by atoms with Crippen molar-refractivity contribution in [1.29, 1.82) is 5.41 Å². The normalized spacial score (nSPS) is 17.5. The van der Waals surface area contributed by atoms with Gasteiger partial charge in [-0.05, 0) is 49.1 Å². The Hall–Kier alpha value is -3.98. The molecule has 1 atom stereocenters. The predicted molar refractivity (Wildman–Crippen MR) is 132 cm³/mol. The van der Waals surface area contributed by atoms with Gasteiger partial charge in [-0.15, -0.1) is 0 Å². The van der Waals surface area contributed by atoms with Crippen molar-refractivity contribution >= 4 is 17.6 Å². The van der Waals surface area contributed by atoms with Crippen molar-refractivity contribution in [2.24, 2.45) is 4.99 Å². The number of halogens is 3. The molecule has 0 radical (unpaired) electrons. The Balaban J connectivity index is 1.62. The molecule has 0 aliphatic carbocycles. The fraction of sp³-hybridized carbons (Fsp3) is 0.222. The summed E-state index contributed by atoms with van der Waals surface area (Å²) in [6, 6.07) is 6.72. The molecule has 1 aliphatic rings. The van der Waals surface area contributed by atoms with Crippen LogP contribution in [-0.2, 0) is 4.74 Å². The summed E-state index contributed by atoms with van der Waals surface area (Å²) in [6.45, 7) is 6.07. The largest absolute Gasteiger partial charge is 0.495 e. The SMILES string of the molecule is C=C1CCCO[C@H](c2c(F)cc(F)cc2F)C1=NC(=N)/C=C/c1ccc(-n2cnc(C)c2)c(OC)c1. The monoisotopic (exact) mass is 494 g/mol. The minimum atomic E-state index is -1.24. The molecule has 0 saturated carbocycles. The number of nitrogens with zero attached hydrogens (tertiary/aromatic N) is 3. The highest BCUT2D eigenvalue weighted by Gasteiger charge is 2.30. The van der Waals surface area contributed by atoms with Crippen molar-refractivity contribution in [3.05, 3.63) is 95.4 Å². The van der Waals surface area contributed by atoms with Crippen molar-refractivity contribution in [3.8, 4) is 11.4 Å². The Labute approximate surface area is 206 Å². The molecule has 1 N–H and O–H groups in total. The number of aryl methyl sites for hydroxylation is 1. The van der Waals surface area contributed by atoms with E-state index in [9.17, 15) is 13.2 Å². The minimum Gasteiger partial charge on any atom is -0.495 e. The first-order valence-electron chi connectivity index (χ1n) is 11.2. The van der Waals surface area contributed by atoms with Crippen LogP contribution in [0.1, 0.15) is 35.8 Å². The highest BCUT2D eigenvalue weighted by molar-refractivity contribution is 6.12. The number of benzene rings is 2. The molecule has 2 aromatic carbocycles. The van der Waals surface area contributed by atoms with Crippen molar-refractivity contribution in [3.63, 3.8) is 0 Å². The van der Waals surface area contributed by atoms with Gasteiger partial charge in [0.25, 0.3) is 0 Å². The number of amidine groups is 1. The summed E-state index contributed by atoms with van der Waals surface area (Å²) in [4.78, 5) is 8.51. The number of hydrogen-bond acceptors (Lipinski definition) is 4. The first kappa shape index (κ1) is 25.1. The number of aliphatic imine (C=N–C) groups is 1. The van der Waals surface area contributed by atoms with Crippen LogP contribution >= 0.6 is 0 Å². The summed E-state index contributed by atoms with van der Waals surface area (Å²) < 4.78 is 55.6. The molecule has 9 heteroatoms. The number of hydrogen-bond donors (Lipinski definition) is 1. The van der Waals surface area contributed by atoms with Gasteiger partial charge >= 0.3 is 0 Å². The van der Waals surface area contributed by atoms with E-state index in [1.807, 2.05) is 29.8 Å². The van der Waals surface area contributed by atoms with Gasteiger partial charge in [-0.3, -0.25) is 5.41 Å². The maximum absolute atomic E-state index is 14.5. The first-order valence-corrected chi connectivity index (χ1v) is 11.2. The van der Waals surface area contributed by atoms with Crippen LogP contribution in [0.15, 0.2) is 66.1 Å². The number of imidazole rings is 1. The average Bonchev–Trinajstić information content (AvgIpc) is 3.19. The second kappa shape index (κ2) is 10.7. The van der Waals surface area contributed by atoms with E-state index in [-0.39, 0.29) is 18.2 Å². The average molecular weight is 495 g/mol. The van der Waals surface area contributed by atoms with E-state index in [1.165, 1.54) is 6.08 Å². The van der Waals surface area contributed by atoms with E-state index < -0.39 is 29.1 Å². The van der Waals surface area contributed by atoms with Crippen molar-refractivity contribution < 1.29 is 22.6 Å². The number of methoxy groups -OCH3 is 1. The molecular formula is C27H25F3N4O2. The highest BCUT2D eigenvalue weighted by Crippen LogP contribution is 2.32. The molecule has 3 aromatic rings. The summed E-state index contributed by atoms with van der Waals surface area (Å²) in [5.74, 6) is -2.75. The van der Waals surface area contributed by atoms with Crippen LogP contribution in [0.2, 0.25) is 0 Å². The predicted octanol–water partition coefficient (Wildman–Crippen LogP) is 6.15. The fourth-order valence-electron chi connectivity index (χ4n) is 3.95. The fourth-order valence-corrected chi connectivity index (χ4v) is 3.95. The Morgan fingerprint density at radius 3 is 2.67 bits per heavy atom. The smallest absolute Gasteiger partial charge is 0.144 e. The third kappa shape index (κ3) is 5.46. The summed E-state index contributed by atoms with van der Waals surface area (Å²) in [6.07, 6.45) is 6.52. The van der Waals surface area contributed by atoms with Crippen LogP contribution in [0.4, 0.5) is 13.2 Å². The molecule has 0 spiro atoms. The van der Waals surface area contributed by atoms with E-state index >= 15 is 0 Å². The van der Waals surface area contributed by atoms with Crippen molar-refractivity contribution in [1.82, 2.24) is 9.55 Å². The molecule has 0 bridgehead atoms. The van der Waals surface area contributed by atoms with Gasteiger partial charge in [0.05, 0.1) is 36.1 Å². The van der Waals surface area contributed by atoms with E-state index in [4.69, 9.17) is 14.9 Å². The topological polar surface area (TPSA) is 72.5 Å². The third-order valence-corrected chi connectivity index (χ3v) is 5.69. The van der Waals surface area contributed by atoms with Crippen molar-refractivity contribution in [2.75, 3.05) is 13.7 Å². The molecule has 1 aliphatic heterocycles. The lowest BCUT2D eigenvalue weighted by atomic mass is 9.97. The Morgan fingerprint density at radius 2 is 2.00 bits per heavy atom. The second-order valence-corrected chi connectivity index (χ2v) is 8.31. The van der Waals surface area contributed by atoms with Crippen LogP contribution in [0.25, 0.3) is 11.8 Å². The summed E-state index contributed by atoms with van der Waals surface area (Å²) >= 11 is 0. The number of aromatic nitrogens is 2. The van der Waals surface area contributed by atoms with Gasteiger partial charge in [0.1, 0.15) is 35.1 Å². The van der Waals surface area contributed by atoms with E-state index in [2.05, 4.69) is 16.6 Å². The van der Waals surface area contributed by atoms with Gasteiger partial charge in [0.15, 0.2) is 0 Å². The summed E-state index contributed by atoms with van der Waals surface area (Å²) in [5.41, 5.74) is 2.61. The van der Waals surface area contributed by atoms with Gasteiger partial charge in [-0.2, -0.15) is 0 Å².